The van der Waals surface area contributed by atoms with Crippen molar-refractivity contribution in [1.29, 1.82) is 0 Å². The molecule has 0 saturated heterocycles. The number of aryl methyl sites for hydroxylation is 1. The van der Waals surface area contributed by atoms with Crippen LogP contribution in [0.5, 0.6) is 5.75 Å². The Balaban J connectivity index is 1.43. The van der Waals surface area contributed by atoms with E-state index in [2.05, 4.69) is 15.3 Å². The van der Waals surface area contributed by atoms with Crippen LogP contribution in [0.3, 0.4) is 0 Å². The van der Waals surface area contributed by atoms with E-state index in [-0.39, 0.29) is 12.5 Å². The number of anilines is 1. The van der Waals surface area contributed by atoms with Crippen LogP contribution in [0.2, 0.25) is 5.02 Å². The molecule has 0 aliphatic heterocycles. The van der Waals surface area contributed by atoms with E-state index < -0.39 is 0 Å². The molecule has 140 valence electrons. The molecule has 0 aliphatic rings. The first-order valence-corrected chi connectivity index (χ1v) is 9.79. The molecule has 4 aromatic rings. The van der Waals surface area contributed by atoms with Crippen LogP contribution in [-0.2, 0) is 4.79 Å². The number of thiazole rings is 1. The lowest BCUT2D eigenvalue weighted by atomic mass is 10.1. The van der Waals surface area contributed by atoms with Crippen molar-refractivity contribution in [2.24, 2.45) is 0 Å². The Labute approximate surface area is 171 Å². The van der Waals surface area contributed by atoms with Crippen molar-refractivity contribution in [3.8, 4) is 16.3 Å². The number of carbonyl (C=O) groups excluding carboxylic acids is 1. The van der Waals surface area contributed by atoms with Crippen LogP contribution >= 0.6 is 22.9 Å². The third-order valence-electron chi connectivity index (χ3n) is 4.10. The molecule has 5 nitrogen and oxygen atoms in total. The number of ether oxygens (including phenoxy) is 1. The zero-order valence-corrected chi connectivity index (χ0v) is 16.6. The van der Waals surface area contributed by atoms with E-state index in [0.717, 1.165) is 32.2 Å². The highest BCUT2D eigenvalue weighted by Crippen LogP contribution is 2.31. The standard InChI is InChI=1S/C21H16ClN3O2S/c1-13-11-14(20-25-18-3-2-10-23-21(18)28-20)4-9-17(13)24-19(26)12-27-16-7-5-15(22)6-8-16/h2-11H,12H2,1H3,(H,24,26). The second-order valence-corrected chi connectivity index (χ2v) is 7.58. The number of hydrogen-bond donors (Lipinski definition) is 1. The molecule has 0 aliphatic carbocycles. The first kappa shape index (κ1) is 18.4. The summed E-state index contributed by atoms with van der Waals surface area (Å²) in [5.74, 6) is 0.367. The van der Waals surface area contributed by atoms with Crippen LogP contribution in [0.1, 0.15) is 5.56 Å². The second-order valence-electron chi connectivity index (χ2n) is 6.17. The predicted octanol–water partition coefficient (Wildman–Crippen LogP) is 5.34. The molecule has 0 spiro atoms. The smallest absolute Gasteiger partial charge is 0.262 e. The molecular weight excluding hydrogens is 394 g/mol. The number of aromatic nitrogens is 2. The maximum Gasteiger partial charge on any atom is 0.262 e. The van der Waals surface area contributed by atoms with Gasteiger partial charge in [-0.15, -0.1) is 0 Å². The Bertz CT molecular complexity index is 1110. The molecule has 0 bridgehead atoms. The van der Waals surface area contributed by atoms with Gasteiger partial charge in [0.2, 0.25) is 0 Å². The molecule has 4 rings (SSSR count). The number of pyridine rings is 1. The average molecular weight is 410 g/mol. The quantitative estimate of drug-likeness (QED) is 0.483. The first-order chi connectivity index (χ1) is 13.6. The molecule has 2 heterocycles. The maximum absolute atomic E-state index is 12.2. The van der Waals surface area contributed by atoms with Crippen molar-refractivity contribution in [3.05, 3.63) is 71.4 Å². The molecular formula is C21H16ClN3O2S. The minimum Gasteiger partial charge on any atom is -0.484 e. The number of nitrogens with zero attached hydrogens (tertiary/aromatic N) is 2. The first-order valence-electron chi connectivity index (χ1n) is 8.59. The highest BCUT2D eigenvalue weighted by molar-refractivity contribution is 7.21. The van der Waals surface area contributed by atoms with Crippen LogP contribution in [0.4, 0.5) is 5.69 Å². The fraction of sp³-hybridized carbons (Fsp3) is 0.0952. The van der Waals surface area contributed by atoms with Crippen LogP contribution < -0.4 is 10.1 Å². The zero-order chi connectivity index (χ0) is 19.5. The highest BCUT2D eigenvalue weighted by Gasteiger charge is 2.10. The van der Waals surface area contributed by atoms with E-state index in [9.17, 15) is 4.79 Å². The molecule has 28 heavy (non-hydrogen) atoms. The van der Waals surface area contributed by atoms with E-state index in [1.54, 1.807) is 41.8 Å². The van der Waals surface area contributed by atoms with E-state index >= 15 is 0 Å². The highest BCUT2D eigenvalue weighted by atomic mass is 35.5. The predicted molar refractivity (Wildman–Crippen MR) is 113 cm³/mol. The summed E-state index contributed by atoms with van der Waals surface area (Å²) in [4.78, 5) is 22.1. The van der Waals surface area contributed by atoms with E-state index in [0.29, 0.717) is 10.8 Å². The molecule has 0 unspecified atom stereocenters. The Kier molecular flexibility index (Phi) is 5.23. The average Bonchev–Trinajstić information content (AvgIpc) is 3.13. The lowest BCUT2D eigenvalue weighted by Gasteiger charge is -2.10. The minimum absolute atomic E-state index is 0.0770. The molecule has 2 aromatic heterocycles. The molecule has 0 radical (unpaired) electrons. The van der Waals surface area contributed by atoms with Crippen LogP contribution in [0, 0.1) is 6.92 Å². The monoisotopic (exact) mass is 409 g/mol. The number of halogens is 1. The number of amides is 1. The van der Waals surface area contributed by atoms with Gasteiger partial charge in [-0.1, -0.05) is 22.9 Å². The third kappa shape index (κ3) is 4.13. The molecule has 1 N–H and O–H groups in total. The van der Waals surface area contributed by atoms with Crippen molar-refractivity contribution in [3.63, 3.8) is 0 Å². The molecule has 0 fully saturated rings. The Hall–Kier alpha value is -2.96. The zero-order valence-electron chi connectivity index (χ0n) is 15.0. The minimum atomic E-state index is -0.227. The fourth-order valence-corrected chi connectivity index (χ4v) is 3.73. The molecule has 1 amide bonds. The lowest BCUT2D eigenvalue weighted by molar-refractivity contribution is -0.118. The van der Waals surface area contributed by atoms with Crippen LogP contribution in [-0.4, -0.2) is 22.5 Å². The summed E-state index contributed by atoms with van der Waals surface area (Å²) in [5.41, 5.74) is 3.57. The Morgan fingerprint density at radius 2 is 2.00 bits per heavy atom. The number of carbonyl (C=O) groups is 1. The SMILES string of the molecule is Cc1cc(-c2nc3cccnc3s2)ccc1NC(=O)COc1ccc(Cl)cc1. The van der Waals surface area contributed by atoms with Gasteiger partial charge >= 0.3 is 0 Å². The van der Waals surface area contributed by atoms with Crippen molar-refractivity contribution >= 4 is 44.9 Å². The summed E-state index contributed by atoms with van der Waals surface area (Å²) in [7, 11) is 0. The summed E-state index contributed by atoms with van der Waals surface area (Å²) in [6.07, 6.45) is 1.76. The van der Waals surface area contributed by atoms with Gasteiger partial charge in [0.15, 0.2) is 6.61 Å². The van der Waals surface area contributed by atoms with E-state index in [1.165, 1.54) is 0 Å². The van der Waals surface area contributed by atoms with Gasteiger partial charge in [0, 0.05) is 22.5 Å². The van der Waals surface area contributed by atoms with Crippen molar-refractivity contribution < 1.29 is 9.53 Å². The van der Waals surface area contributed by atoms with E-state index in [1.807, 2.05) is 37.3 Å². The van der Waals surface area contributed by atoms with Gasteiger partial charge in [-0.3, -0.25) is 4.79 Å². The van der Waals surface area contributed by atoms with Gasteiger partial charge in [0.1, 0.15) is 21.1 Å². The van der Waals surface area contributed by atoms with Gasteiger partial charge in [0.25, 0.3) is 5.91 Å². The molecule has 0 saturated carbocycles. The number of benzene rings is 2. The summed E-state index contributed by atoms with van der Waals surface area (Å²) >= 11 is 7.38. The number of fused-ring (bicyclic) bond motifs is 1. The summed E-state index contributed by atoms with van der Waals surface area (Å²) in [6, 6.07) is 16.5. The molecule has 0 atom stereocenters. The van der Waals surface area contributed by atoms with E-state index in [4.69, 9.17) is 16.3 Å². The van der Waals surface area contributed by atoms with Crippen LogP contribution in [0.25, 0.3) is 20.9 Å². The lowest BCUT2D eigenvalue weighted by Crippen LogP contribution is -2.20. The van der Waals surface area contributed by atoms with Gasteiger partial charge in [-0.25, -0.2) is 9.97 Å². The topological polar surface area (TPSA) is 64.1 Å². The van der Waals surface area contributed by atoms with Gasteiger partial charge in [0.05, 0.1) is 0 Å². The summed E-state index contributed by atoms with van der Waals surface area (Å²) < 4.78 is 5.48. The molecule has 7 heteroatoms. The van der Waals surface area contributed by atoms with Crippen molar-refractivity contribution in [1.82, 2.24) is 9.97 Å². The van der Waals surface area contributed by atoms with Gasteiger partial charge < -0.3 is 10.1 Å². The third-order valence-corrected chi connectivity index (χ3v) is 5.38. The van der Waals surface area contributed by atoms with Crippen molar-refractivity contribution in [2.45, 2.75) is 6.92 Å². The largest absolute Gasteiger partial charge is 0.484 e. The number of nitrogens with one attached hydrogen (secondary N) is 1. The Morgan fingerprint density at radius 1 is 1.18 bits per heavy atom. The van der Waals surface area contributed by atoms with Gasteiger partial charge in [-0.05, 0) is 67.1 Å². The maximum atomic E-state index is 12.2. The normalized spacial score (nSPS) is 10.8. The summed E-state index contributed by atoms with van der Waals surface area (Å²) in [6.45, 7) is 1.87. The van der Waals surface area contributed by atoms with Crippen molar-refractivity contribution in [2.75, 3.05) is 11.9 Å². The van der Waals surface area contributed by atoms with Gasteiger partial charge in [-0.2, -0.15) is 0 Å². The Morgan fingerprint density at radius 3 is 2.75 bits per heavy atom. The van der Waals surface area contributed by atoms with Crippen LogP contribution in [0.15, 0.2) is 60.8 Å². The molecule has 2 aromatic carbocycles. The number of rotatable bonds is 5. The number of hydrogen-bond acceptors (Lipinski definition) is 5. The fourth-order valence-electron chi connectivity index (χ4n) is 2.70. The summed E-state index contributed by atoms with van der Waals surface area (Å²) in [5, 5.41) is 4.40. The second kappa shape index (κ2) is 7.96.